The summed E-state index contributed by atoms with van der Waals surface area (Å²) in [6.45, 7) is 0. The second-order valence-electron chi connectivity index (χ2n) is 2.81. The first-order valence-corrected chi connectivity index (χ1v) is 4.74. The number of anilines is 1. The predicted molar refractivity (Wildman–Crippen MR) is 56.6 cm³/mol. The van der Waals surface area contributed by atoms with Gasteiger partial charge in [-0.05, 0) is 12.1 Å². The van der Waals surface area contributed by atoms with Gasteiger partial charge in [0, 0.05) is 10.6 Å². The topological polar surface area (TPSA) is 72.2 Å². The fourth-order valence-corrected chi connectivity index (χ4v) is 1.22. The molecule has 0 heterocycles. The van der Waals surface area contributed by atoms with Gasteiger partial charge in [-0.15, -0.1) is 11.6 Å². The molecular weight excluding hydrogens is 220 g/mol. The first kappa shape index (κ1) is 11.5. The largest absolute Gasteiger partial charge is 0.320 e. The lowest BCUT2D eigenvalue weighted by Gasteiger charge is -2.07. The zero-order chi connectivity index (χ0) is 11.3. The van der Waals surface area contributed by atoms with Crippen LogP contribution in [-0.4, -0.2) is 22.8 Å². The van der Waals surface area contributed by atoms with Gasteiger partial charge in [-0.3, -0.25) is 14.9 Å². The van der Waals surface area contributed by atoms with Crippen molar-refractivity contribution in [2.45, 2.75) is 6.04 Å². The van der Waals surface area contributed by atoms with Gasteiger partial charge < -0.3 is 5.32 Å². The number of nitrogens with zero attached hydrogens (tertiary/aromatic N) is 1. The van der Waals surface area contributed by atoms with E-state index in [1.54, 1.807) is 30.3 Å². The van der Waals surface area contributed by atoms with Gasteiger partial charge in [0.1, 0.15) is 0 Å². The summed E-state index contributed by atoms with van der Waals surface area (Å²) in [5.74, 6) is -1.05. The van der Waals surface area contributed by atoms with E-state index in [2.05, 4.69) is 5.32 Å². The van der Waals surface area contributed by atoms with Crippen molar-refractivity contribution in [3.8, 4) is 0 Å². The number of hydrogen-bond donors (Lipinski definition) is 1. The fraction of sp³-hybridized carbons (Fsp3) is 0.222. The molecule has 0 aromatic heterocycles. The van der Waals surface area contributed by atoms with E-state index >= 15 is 0 Å². The number of alkyl halides is 1. The van der Waals surface area contributed by atoms with Crippen LogP contribution in [0.3, 0.4) is 0 Å². The Hall–Kier alpha value is -1.62. The van der Waals surface area contributed by atoms with E-state index in [9.17, 15) is 14.9 Å². The maximum Gasteiger partial charge on any atom is 0.303 e. The van der Waals surface area contributed by atoms with E-state index in [0.29, 0.717) is 5.69 Å². The van der Waals surface area contributed by atoms with Crippen molar-refractivity contribution in [1.82, 2.24) is 0 Å². The summed E-state index contributed by atoms with van der Waals surface area (Å²) in [6, 6.07) is 7.09. The molecule has 6 heteroatoms. The maximum absolute atomic E-state index is 11.3. The number of halogens is 1. The molecule has 0 aliphatic rings. The SMILES string of the molecule is O=C(Nc1ccccc1)C(CCl)[N+](=O)[O-]. The predicted octanol–water partition coefficient (Wildman–Crippen LogP) is 1.51. The third kappa shape index (κ3) is 3.21. The minimum Gasteiger partial charge on any atom is -0.320 e. The number of para-hydroxylation sites is 1. The molecule has 1 amide bonds. The van der Waals surface area contributed by atoms with E-state index in [0.717, 1.165) is 0 Å². The Morgan fingerprint density at radius 3 is 2.53 bits per heavy atom. The molecule has 0 bridgehead atoms. The van der Waals surface area contributed by atoms with Crippen LogP contribution >= 0.6 is 11.6 Å². The number of rotatable bonds is 4. The number of carbonyl (C=O) groups is 1. The summed E-state index contributed by atoms with van der Waals surface area (Å²) in [5.41, 5.74) is 0.513. The highest BCUT2D eigenvalue weighted by Gasteiger charge is 2.28. The summed E-state index contributed by atoms with van der Waals surface area (Å²) in [4.78, 5) is 21.1. The van der Waals surface area contributed by atoms with Crippen molar-refractivity contribution in [3.05, 3.63) is 40.4 Å². The van der Waals surface area contributed by atoms with Crippen LogP contribution in [0, 0.1) is 10.1 Å². The van der Waals surface area contributed by atoms with E-state index < -0.39 is 16.9 Å². The average molecular weight is 229 g/mol. The molecule has 1 aromatic carbocycles. The summed E-state index contributed by atoms with van der Waals surface area (Å²) < 4.78 is 0. The van der Waals surface area contributed by atoms with Crippen LogP contribution in [0.15, 0.2) is 30.3 Å². The number of benzene rings is 1. The molecule has 15 heavy (non-hydrogen) atoms. The smallest absolute Gasteiger partial charge is 0.303 e. The lowest BCUT2D eigenvalue weighted by molar-refractivity contribution is -0.501. The van der Waals surface area contributed by atoms with Crippen molar-refractivity contribution in [2.24, 2.45) is 0 Å². The van der Waals surface area contributed by atoms with Gasteiger partial charge in [0.2, 0.25) is 0 Å². The lowest BCUT2D eigenvalue weighted by Crippen LogP contribution is -2.36. The standard InChI is InChI=1S/C9H9ClN2O3/c10-6-8(12(14)15)9(13)11-7-4-2-1-3-5-7/h1-5,8H,6H2,(H,11,13). The molecule has 80 valence electrons. The van der Waals surface area contributed by atoms with Gasteiger partial charge >= 0.3 is 11.9 Å². The molecule has 0 aliphatic heterocycles. The quantitative estimate of drug-likeness (QED) is 0.482. The Morgan fingerprint density at radius 2 is 2.07 bits per heavy atom. The molecule has 0 saturated heterocycles. The molecule has 0 fully saturated rings. The van der Waals surface area contributed by atoms with Crippen molar-refractivity contribution >= 4 is 23.2 Å². The minimum atomic E-state index is -1.41. The van der Waals surface area contributed by atoms with Crippen molar-refractivity contribution in [1.29, 1.82) is 0 Å². The second kappa shape index (κ2) is 5.31. The van der Waals surface area contributed by atoms with Gasteiger partial charge in [0.25, 0.3) is 0 Å². The number of nitrogens with one attached hydrogen (secondary N) is 1. The second-order valence-corrected chi connectivity index (χ2v) is 3.12. The fourth-order valence-electron chi connectivity index (χ4n) is 0.969. The highest BCUT2D eigenvalue weighted by molar-refractivity contribution is 6.20. The molecule has 0 aliphatic carbocycles. The van der Waals surface area contributed by atoms with E-state index in [1.165, 1.54) is 0 Å². The molecule has 1 unspecified atom stereocenters. The number of amides is 1. The maximum atomic E-state index is 11.3. The number of nitro groups is 1. The molecule has 1 atom stereocenters. The molecule has 1 N–H and O–H groups in total. The van der Waals surface area contributed by atoms with Gasteiger partial charge in [-0.1, -0.05) is 18.2 Å². The zero-order valence-electron chi connectivity index (χ0n) is 7.72. The summed E-state index contributed by atoms with van der Waals surface area (Å²) >= 11 is 5.32. The number of hydrogen-bond acceptors (Lipinski definition) is 3. The minimum absolute atomic E-state index is 0.342. The van der Waals surface area contributed by atoms with Gasteiger partial charge in [-0.2, -0.15) is 0 Å². The van der Waals surface area contributed by atoms with Crippen molar-refractivity contribution < 1.29 is 9.72 Å². The molecule has 0 spiro atoms. The van der Waals surface area contributed by atoms with E-state index in [-0.39, 0.29) is 5.88 Å². The van der Waals surface area contributed by atoms with Crippen LogP contribution in [0.25, 0.3) is 0 Å². The van der Waals surface area contributed by atoms with Crippen LogP contribution < -0.4 is 5.32 Å². The number of carbonyl (C=O) groups excluding carboxylic acids is 1. The third-order valence-corrected chi connectivity index (χ3v) is 2.04. The van der Waals surface area contributed by atoms with Crippen LogP contribution in [0.1, 0.15) is 0 Å². The van der Waals surface area contributed by atoms with Crippen molar-refractivity contribution in [2.75, 3.05) is 11.2 Å². The van der Waals surface area contributed by atoms with E-state index in [4.69, 9.17) is 11.6 Å². The Morgan fingerprint density at radius 1 is 1.47 bits per heavy atom. The molecule has 0 radical (unpaired) electrons. The Labute approximate surface area is 91.2 Å². The summed E-state index contributed by atoms with van der Waals surface area (Å²) in [5, 5.41) is 12.8. The monoisotopic (exact) mass is 228 g/mol. The summed E-state index contributed by atoms with van der Waals surface area (Å²) in [7, 11) is 0. The third-order valence-electron chi connectivity index (χ3n) is 1.74. The summed E-state index contributed by atoms with van der Waals surface area (Å²) in [6.07, 6.45) is 0. The first-order valence-electron chi connectivity index (χ1n) is 4.20. The van der Waals surface area contributed by atoms with Crippen LogP contribution in [0.5, 0.6) is 0 Å². The van der Waals surface area contributed by atoms with E-state index in [1.807, 2.05) is 0 Å². The highest BCUT2D eigenvalue weighted by atomic mass is 35.5. The van der Waals surface area contributed by atoms with Crippen LogP contribution in [-0.2, 0) is 4.79 Å². The molecule has 5 nitrogen and oxygen atoms in total. The Kier molecular flexibility index (Phi) is 4.05. The molecule has 0 saturated carbocycles. The van der Waals surface area contributed by atoms with Gasteiger partial charge in [-0.25, -0.2) is 0 Å². The molecule has 1 aromatic rings. The molecule has 1 rings (SSSR count). The van der Waals surface area contributed by atoms with Gasteiger partial charge in [0.05, 0.1) is 5.88 Å². The highest BCUT2D eigenvalue weighted by Crippen LogP contribution is 2.06. The first-order chi connectivity index (χ1) is 7.15. The van der Waals surface area contributed by atoms with Crippen molar-refractivity contribution in [3.63, 3.8) is 0 Å². The Bertz CT molecular complexity index is 356. The average Bonchev–Trinajstić information content (AvgIpc) is 2.19. The lowest BCUT2D eigenvalue weighted by atomic mass is 10.3. The zero-order valence-corrected chi connectivity index (χ0v) is 8.48. The molecular formula is C9H9ClN2O3. The van der Waals surface area contributed by atoms with Gasteiger partial charge in [0.15, 0.2) is 0 Å². The normalized spacial score (nSPS) is 11.8. The van der Waals surface area contributed by atoms with Crippen LogP contribution in [0.2, 0.25) is 0 Å². The van der Waals surface area contributed by atoms with Crippen LogP contribution in [0.4, 0.5) is 5.69 Å². The Balaban J connectivity index is 2.66.